The summed E-state index contributed by atoms with van der Waals surface area (Å²) in [5, 5.41) is 2.79. The van der Waals surface area contributed by atoms with Gasteiger partial charge in [0.1, 0.15) is 0 Å². The van der Waals surface area contributed by atoms with Crippen LogP contribution in [0.4, 0.5) is 0 Å². The molecule has 138 valence electrons. The van der Waals surface area contributed by atoms with Crippen LogP contribution in [-0.4, -0.2) is 49.1 Å². The van der Waals surface area contributed by atoms with Crippen molar-refractivity contribution in [3.63, 3.8) is 0 Å². The van der Waals surface area contributed by atoms with Crippen LogP contribution >= 0.6 is 0 Å². The predicted octanol–water partition coefficient (Wildman–Crippen LogP) is 0.163. The first-order valence-corrected chi connectivity index (χ1v) is 8.30. The molecule has 0 bridgehead atoms. The van der Waals surface area contributed by atoms with E-state index in [1.54, 1.807) is 7.11 Å². The molecule has 1 aliphatic rings. The number of methoxy groups -OCH3 is 1. The molecule has 0 saturated carbocycles. The van der Waals surface area contributed by atoms with Crippen LogP contribution in [-0.2, 0) is 16.1 Å². The number of nitrogens with one attached hydrogen (secondary N) is 2. The second-order valence-electron chi connectivity index (χ2n) is 6.16. The summed E-state index contributed by atoms with van der Waals surface area (Å²) in [6, 6.07) is 5.08. The van der Waals surface area contributed by atoms with Gasteiger partial charge in [0.25, 0.3) is 0 Å². The van der Waals surface area contributed by atoms with Gasteiger partial charge in [-0.1, -0.05) is 12.1 Å². The van der Waals surface area contributed by atoms with Crippen LogP contribution in [0.5, 0.6) is 11.5 Å². The van der Waals surface area contributed by atoms with Crippen molar-refractivity contribution in [2.45, 2.75) is 39.0 Å². The van der Waals surface area contributed by atoms with Gasteiger partial charge < -0.3 is 14.8 Å². The maximum Gasteiger partial charge on any atom is 0.237 e. The largest absolute Gasteiger partial charge is 0.493 e. The molecule has 4 N–H and O–H groups in total. The second kappa shape index (κ2) is 8.68. The van der Waals surface area contributed by atoms with Crippen molar-refractivity contribution >= 4 is 11.8 Å². The molecule has 0 spiro atoms. The van der Waals surface area contributed by atoms with E-state index < -0.39 is 6.04 Å². The van der Waals surface area contributed by atoms with E-state index in [0.29, 0.717) is 31.1 Å². The van der Waals surface area contributed by atoms with Crippen LogP contribution in [0.15, 0.2) is 18.2 Å². The van der Waals surface area contributed by atoms with Crippen molar-refractivity contribution in [2.75, 3.05) is 20.2 Å². The molecule has 1 fully saturated rings. The minimum Gasteiger partial charge on any atom is -0.493 e. The number of nitrogens with zero attached hydrogens (tertiary/aromatic N) is 1. The van der Waals surface area contributed by atoms with E-state index >= 15 is 0 Å². The minimum atomic E-state index is -0.574. The van der Waals surface area contributed by atoms with Gasteiger partial charge in [0.05, 0.1) is 25.7 Å². The molecular formula is C17H26N4O4. The molecule has 2 rings (SSSR count). The predicted molar refractivity (Wildman–Crippen MR) is 92.9 cm³/mol. The standard InChI is InChI=1S/C17H26N4O4/c1-11(2)25-16-12(5-4-6-14(16)24-3)10-21-8-7-19-17(23)13(21)9-15(22)20-18/h4-6,11,13H,7-10,18H2,1-3H3,(H,19,23)(H,20,22). The maximum atomic E-state index is 12.2. The number of para-hydroxylation sites is 1. The average molecular weight is 350 g/mol. The van der Waals surface area contributed by atoms with Crippen LogP contribution in [0.2, 0.25) is 0 Å². The Labute approximate surface area is 147 Å². The van der Waals surface area contributed by atoms with Gasteiger partial charge in [0.15, 0.2) is 11.5 Å². The Morgan fingerprint density at radius 2 is 2.24 bits per heavy atom. The van der Waals surface area contributed by atoms with Crippen LogP contribution in [0.3, 0.4) is 0 Å². The van der Waals surface area contributed by atoms with Crippen molar-refractivity contribution in [1.29, 1.82) is 0 Å². The lowest BCUT2D eigenvalue weighted by molar-refractivity contribution is -0.134. The molecule has 1 aromatic carbocycles. The fourth-order valence-electron chi connectivity index (χ4n) is 2.84. The fraction of sp³-hybridized carbons (Fsp3) is 0.529. The lowest BCUT2D eigenvalue weighted by atomic mass is 10.1. The van der Waals surface area contributed by atoms with Crippen molar-refractivity contribution in [3.8, 4) is 11.5 Å². The van der Waals surface area contributed by atoms with Gasteiger partial charge in [0.2, 0.25) is 11.8 Å². The summed E-state index contributed by atoms with van der Waals surface area (Å²) in [5.74, 6) is 5.91. The maximum absolute atomic E-state index is 12.2. The Balaban J connectivity index is 2.26. The SMILES string of the molecule is COc1cccc(CN2CCNC(=O)C2CC(=O)NN)c1OC(C)C. The summed E-state index contributed by atoms with van der Waals surface area (Å²) in [6.07, 6.45) is -0.00864. The van der Waals surface area contributed by atoms with Crippen LogP contribution in [0, 0.1) is 0 Å². The summed E-state index contributed by atoms with van der Waals surface area (Å²) in [4.78, 5) is 25.8. The number of carbonyl (C=O) groups is 2. The smallest absolute Gasteiger partial charge is 0.237 e. The van der Waals surface area contributed by atoms with Crippen molar-refractivity contribution in [3.05, 3.63) is 23.8 Å². The molecule has 1 saturated heterocycles. The van der Waals surface area contributed by atoms with Crippen molar-refractivity contribution < 1.29 is 19.1 Å². The molecule has 1 unspecified atom stereocenters. The van der Waals surface area contributed by atoms with E-state index in [-0.39, 0.29) is 24.3 Å². The first-order valence-electron chi connectivity index (χ1n) is 8.30. The van der Waals surface area contributed by atoms with Gasteiger partial charge in [-0.3, -0.25) is 19.9 Å². The normalized spacial score (nSPS) is 18.0. The highest BCUT2D eigenvalue weighted by atomic mass is 16.5. The number of amides is 2. The first-order chi connectivity index (χ1) is 12.0. The molecule has 8 nitrogen and oxygen atoms in total. The van der Waals surface area contributed by atoms with Crippen molar-refractivity contribution in [2.24, 2.45) is 5.84 Å². The second-order valence-corrected chi connectivity index (χ2v) is 6.16. The van der Waals surface area contributed by atoms with E-state index in [0.717, 1.165) is 5.56 Å². The minimum absolute atomic E-state index is 0.00662. The number of benzene rings is 1. The lowest BCUT2D eigenvalue weighted by Crippen LogP contribution is -2.56. The van der Waals surface area contributed by atoms with Gasteiger partial charge in [0, 0.05) is 25.2 Å². The molecule has 1 heterocycles. The number of hydrogen-bond donors (Lipinski definition) is 3. The third-order valence-electron chi connectivity index (χ3n) is 3.99. The highest BCUT2D eigenvalue weighted by molar-refractivity contribution is 5.88. The number of hydrazine groups is 1. The Bertz CT molecular complexity index is 621. The average Bonchev–Trinajstić information content (AvgIpc) is 2.58. The number of hydrogen-bond acceptors (Lipinski definition) is 6. The molecular weight excluding hydrogens is 324 g/mol. The van der Waals surface area contributed by atoms with Gasteiger partial charge in [-0.15, -0.1) is 0 Å². The number of rotatable bonds is 7. The third-order valence-corrected chi connectivity index (χ3v) is 3.99. The number of ether oxygens (including phenoxy) is 2. The van der Waals surface area contributed by atoms with Gasteiger partial charge in [-0.2, -0.15) is 0 Å². The van der Waals surface area contributed by atoms with Gasteiger partial charge in [-0.05, 0) is 19.9 Å². The number of piperazine rings is 1. The summed E-state index contributed by atoms with van der Waals surface area (Å²) in [7, 11) is 1.59. The van der Waals surface area contributed by atoms with E-state index in [2.05, 4.69) is 10.7 Å². The lowest BCUT2D eigenvalue weighted by Gasteiger charge is -2.35. The molecule has 1 atom stereocenters. The summed E-state index contributed by atoms with van der Waals surface area (Å²) >= 11 is 0. The zero-order chi connectivity index (χ0) is 18.4. The van der Waals surface area contributed by atoms with Crippen LogP contribution in [0.25, 0.3) is 0 Å². The number of nitrogens with two attached hydrogens (primary N) is 1. The quantitative estimate of drug-likeness (QED) is 0.368. The summed E-state index contributed by atoms with van der Waals surface area (Å²) in [6.45, 7) is 5.52. The van der Waals surface area contributed by atoms with E-state index in [1.165, 1.54) is 0 Å². The Morgan fingerprint density at radius 3 is 2.88 bits per heavy atom. The van der Waals surface area contributed by atoms with Crippen LogP contribution in [0.1, 0.15) is 25.8 Å². The molecule has 0 radical (unpaired) electrons. The summed E-state index contributed by atoms with van der Waals surface area (Å²) in [5.41, 5.74) is 2.99. The first kappa shape index (κ1) is 19.0. The molecule has 1 aromatic rings. The Morgan fingerprint density at radius 1 is 1.48 bits per heavy atom. The van der Waals surface area contributed by atoms with Gasteiger partial charge in [-0.25, -0.2) is 5.84 Å². The topological polar surface area (TPSA) is 106 Å². The highest BCUT2D eigenvalue weighted by Crippen LogP contribution is 2.33. The molecule has 1 aliphatic heterocycles. The van der Waals surface area contributed by atoms with E-state index in [4.69, 9.17) is 15.3 Å². The Hall–Kier alpha value is -2.32. The third kappa shape index (κ3) is 4.83. The molecule has 0 aliphatic carbocycles. The molecule has 25 heavy (non-hydrogen) atoms. The van der Waals surface area contributed by atoms with E-state index in [9.17, 15) is 9.59 Å². The summed E-state index contributed by atoms with van der Waals surface area (Å²) < 4.78 is 11.3. The van der Waals surface area contributed by atoms with E-state index in [1.807, 2.05) is 36.9 Å². The monoisotopic (exact) mass is 350 g/mol. The molecule has 0 aromatic heterocycles. The van der Waals surface area contributed by atoms with Crippen molar-refractivity contribution in [1.82, 2.24) is 15.6 Å². The highest BCUT2D eigenvalue weighted by Gasteiger charge is 2.32. The fourth-order valence-corrected chi connectivity index (χ4v) is 2.84. The zero-order valence-corrected chi connectivity index (χ0v) is 14.9. The zero-order valence-electron chi connectivity index (χ0n) is 14.9. The Kier molecular flexibility index (Phi) is 6.60. The molecule has 8 heteroatoms. The molecule has 2 amide bonds. The number of carbonyl (C=O) groups excluding carboxylic acids is 2. The van der Waals surface area contributed by atoms with Gasteiger partial charge >= 0.3 is 0 Å². The van der Waals surface area contributed by atoms with Crippen LogP contribution < -0.4 is 26.1 Å².